The number of halogens is 3. The molecule has 2 fully saturated rings. The minimum Gasteiger partial charge on any atom is -0.591 e. The summed E-state index contributed by atoms with van der Waals surface area (Å²) in [6, 6.07) is 5.55. The van der Waals surface area contributed by atoms with Crippen molar-refractivity contribution in [1.29, 1.82) is 0 Å². The van der Waals surface area contributed by atoms with Crippen LogP contribution in [0.15, 0.2) is 28.7 Å². The molecule has 0 aromatic heterocycles. The van der Waals surface area contributed by atoms with Crippen LogP contribution in [0, 0.1) is 11.8 Å². The number of alkyl halides is 3. The Morgan fingerprint density at radius 2 is 1.96 bits per heavy atom. The fraction of sp³-hybridized carbons (Fsp3) is 0.632. The van der Waals surface area contributed by atoms with Gasteiger partial charge in [-0.1, -0.05) is 22.6 Å². The maximum Gasteiger partial charge on any atom is 0.416 e. The third-order valence-electron chi connectivity index (χ3n) is 5.10. The SMILES string of the molecule is CC(C)(C)[S+]([O-])N=C1CC[C@@H]2CN(Cc3cccc(C(F)(F)F)c3)C[C@H]12. The van der Waals surface area contributed by atoms with E-state index in [9.17, 15) is 17.7 Å². The third kappa shape index (κ3) is 4.43. The fourth-order valence-corrected chi connectivity index (χ4v) is 4.45. The average molecular weight is 386 g/mol. The molecular weight excluding hydrogens is 361 g/mol. The zero-order chi connectivity index (χ0) is 19.1. The number of fused-ring (bicyclic) bond motifs is 1. The number of likely N-dealkylation sites (tertiary alicyclic amines) is 1. The molecule has 26 heavy (non-hydrogen) atoms. The summed E-state index contributed by atoms with van der Waals surface area (Å²) in [7, 11) is 0. The normalized spacial score (nSPS) is 27.1. The molecule has 0 spiro atoms. The van der Waals surface area contributed by atoms with E-state index in [1.807, 2.05) is 20.8 Å². The maximum atomic E-state index is 12.9. The minimum absolute atomic E-state index is 0.284. The van der Waals surface area contributed by atoms with Crippen LogP contribution in [0.1, 0.15) is 44.7 Å². The molecule has 1 aromatic carbocycles. The predicted molar refractivity (Wildman–Crippen MR) is 98.3 cm³/mol. The van der Waals surface area contributed by atoms with Gasteiger partial charge < -0.3 is 4.55 Å². The van der Waals surface area contributed by atoms with Gasteiger partial charge in [-0.3, -0.25) is 4.90 Å². The molecule has 144 valence electrons. The summed E-state index contributed by atoms with van der Waals surface area (Å²) in [6.45, 7) is 7.88. The molecule has 0 N–H and O–H groups in total. The van der Waals surface area contributed by atoms with Crippen molar-refractivity contribution < 1.29 is 17.7 Å². The molecule has 1 aliphatic heterocycles. The Kier molecular flexibility index (Phi) is 5.43. The number of nitrogens with zero attached hydrogens (tertiary/aromatic N) is 2. The number of benzene rings is 1. The van der Waals surface area contributed by atoms with E-state index in [1.165, 1.54) is 12.1 Å². The summed E-state index contributed by atoms with van der Waals surface area (Å²) < 4.78 is 55.1. The van der Waals surface area contributed by atoms with Crippen LogP contribution in [0.4, 0.5) is 13.2 Å². The minimum atomic E-state index is -4.31. The van der Waals surface area contributed by atoms with E-state index in [0.717, 1.165) is 37.7 Å². The molecule has 3 atom stereocenters. The maximum absolute atomic E-state index is 12.9. The predicted octanol–water partition coefficient (Wildman–Crippen LogP) is 4.45. The summed E-state index contributed by atoms with van der Waals surface area (Å²) in [5, 5.41) is 0. The van der Waals surface area contributed by atoms with Gasteiger partial charge in [-0.25, -0.2) is 0 Å². The highest BCUT2D eigenvalue weighted by atomic mass is 32.2. The topological polar surface area (TPSA) is 38.7 Å². The van der Waals surface area contributed by atoms with Crippen LogP contribution < -0.4 is 0 Å². The Balaban J connectivity index is 1.67. The van der Waals surface area contributed by atoms with Gasteiger partial charge in [0, 0.05) is 25.6 Å². The van der Waals surface area contributed by atoms with Gasteiger partial charge in [0.2, 0.25) is 0 Å². The van der Waals surface area contributed by atoms with E-state index in [1.54, 1.807) is 6.07 Å². The third-order valence-corrected chi connectivity index (χ3v) is 6.55. The van der Waals surface area contributed by atoms with Crippen LogP contribution >= 0.6 is 0 Å². The van der Waals surface area contributed by atoms with E-state index in [0.29, 0.717) is 18.0 Å². The first-order chi connectivity index (χ1) is 12.0. The molecule has 0 radical (unpaired) electrons. The van der Waals surface area contributed by atoms with E-state index in [4.69, 9.17) is 0 Å². The van der Waals surface area contributed by atoms with Crippen molar-refractivity contribution in [2.45, 2.75) is 51.1 Å². The van der Waals surface area contributed by atoms with Gasteiger partial charge in [-0.2, -0.15) is 13.2 Å². The lowest BCUT2D eigenvalue weighted by molar-refractivity contribution is -0.137. The van der Waals surface area contributed by atoms with Crippen molar-refractivity contribution in [3.63, 3.8) is 0 Å². The van der Waals surface area contributed by atoms with Crippen LogP contribution in [0.2, 0.25) is 0 Å². The highest BCUT2D eigenvalue weighted by molar-refractivity contribution is 7.91. The number of rotatable bonds is 3. The van der Waals surface area contributed by atoms with Gasteiger partial charge in [0.25, 0.3) is 0 Å². The van der Waals surface area contributed by atoms with Crippen molar-refractivity contribution >= 4 is 17.1 Å². The highest BCUT2D eigenvalue weighted by Gasteiger charge is 2.42. The first kappa shape index (κ1) is 19.7. The van der Waals surface area contributed by atoms with Gasteiger partial charge in [-0.15, -0.1) is 0 Å². The molecule has 1 heterocycles. The summed E-state index contributed by atoms with van der Waals surface area (Å²) in [5.41, 5.74) is 1.10. The van der Waals surface area contributed by atoms with Crippen LogP contribution in [0.5, 0.6) is 0 Å². The van der Waals surface area contributed by atoms with Crippen molar-refractivity contribution in [1.82, 2.24) is 4.90 Å². The average Bonchev–Trinajstić information content (AvgIpc) is 3.07. The summed E-state index contributed by atoms with van der Waals surface area (Å²) in [4.78, 5) is 2.19. The zero-order valence-corrected chi connectivity index (χ0v) is 16.2. The Morgan fingerprint density at radius 1 is 1.23 bits per heavy atom. The van der Waals surface area contributed by atoms with E-state index >= 15 is 0 Å². The molecule has 0 bridgehead atoms. The lowest BCUT2D eigenvalue weighted by Gasteiger charge is -2.20. The fourth-order valence-electron chi connectivity index (χ4n) is 3.74. The van der Waals surface area contributed by atoms with Gasteiger partial charge in [0.05, 0.1) is 11.3 Å². The molecule has 1 unspecified atom stereocenters. The van der Waals surface area contributed by atoms with Crippen LogP contribution in [-0.2, 0) is 24.1 Å². The monoisotopic (exact) mass is 386 g/mol. The van der Waals surface area contributed by atoms with Gasteiger partial charge in [0.1, 0.15) is 16.1 Å². The molecule has 0 amide bonds. The van der Waals surface area contributed by atoms with Crippen molar-refractivity contribution in [2.24, 2.45) is 16.2 Å². The molecule has 1 aromatic rings. The first-order valence-electron chi connectivity index (χ1n) is 8.92. The van der Waals surface area contributed by atoms with E-state index < -0.39 is 23.1 Å². The smallest absolute Gasteiger partial charge is 0.416 e. The summed E-state index contributed by atoms with van der Waals surface area (Å²) >= 11 is -1.25. The van der Waals surface area contributed by atoms with Crippen molar-refractivity contribution in [2.75, 3.05) is 13.1 Å². The second-order valence-corrected chi connectivity index (χ2v) is 10.1. The lowest BCUT2D eigenvalue weighted by atomic mass is 10.00. The second kappa shape index (κ2) is 7.17. The molecule has 1 saturated carbocycles. The lowest BCUT2D eigenvalue weighted by Crippen LogP contribution is -2.28. The largest absolute Gasteiger partial charge is 0.591 e. The quantitative estimate of drug-likeness (QED) is 0.720. The summed E-state index contributed by atoms with van der Waals surface area (Å²) in [6.07, 6.45) is -2.41. The van der Waals surface area contributed by atoms with E-state index in [2.05, 4.69) is 9.30 Å². The van der Waals surface area contributed by atoms with Gasteiger partial charge in [-0.05, 0) is 51.2 Å². The number of hydrogen-bond acceptors (Lipinski definition) is 3. The van der Waals surface area contributed by atoms with Crippen LogP contribution in [0.25, 0.3) is 0 Å². The molecule has 3 rings (SSSR count). The zero-order valence-electron chi connectivity index (χ0n) is 15.3. The Hall–Kier alpha value is -1.05. The molecule has 3 nitrogen and oxygen atoms in total. The molecule has 2 aliphatic rings. The molecule has 1 aliphatic carbocycles. The van der Waals surface area contributed by atoms with Gasteiger partial charge in [0.15, 0.2) is 0 Å². The second-order valence-electron chi connectivity index (χ2n) is 8.24. The number of hydrogen-bond donors (Lipinski definition) is 0. The Labute approximate surface area is 156 Å². The molecular formula is C19H25F3N2OS. The van der Waals surface area contributed by atoms with Crippen LogP contribution in [-0.4, -0.2) is 33.0 Å². The van der Waals surface area contributed by atoms with E-state index in [-0.39, 0.29) is 10.7 Å². The summed E-state index contributed by atoms with van der Waals surface area (Å²) in [5.74, 6) is 0.753. The molecule has 1 saturated heterocycles. The highest BCUT2D eigenvalue weighted by Crippen LogP contribution is 2.38. The van der Waals surface area contributed by atoms with Crippen molar-refractivity contribution in [3.8, 4) is 0 Å². The standard InChI is InChI=1S/C19H25F3N2OS/c1-18(2,3)26(25)23-17-8-7-14-11-24(12-16(14)17)10-13-5-4-6-15(9-13)19(20,21)22/h4-6,9,14,16H,7-8,10-12H2,1-3H3/t14-,16+,26?/m1/s1. The van der Waals surface area contributed by atoms with Gasteiger partial charge >= 0.3 is 6.18 Å². The van der Waals surface area contributed by atoms with Crippen LogP contribution in [0.3, 0.4) is 0 Å². The Morgan fingerprint density at radius 3 is 2.62 bits per heavy atom. The first-order valence-corrected chi connectivity index (χ1v) is 10.0. The molecule has 7 heteroatoms. The van der Waals surface area contributed by atoms with Crippen molar-refractivity contribution in [3.05, 3.63) is 35.4 Å². The Bertz CT molecular complexity index is 684.